The number of benzene rings is 1. The van der Waals surface area contributed by atoms with Crippen molar-refractivity contribution in [2.75, 3.05) is 10.6 Å². The molecule has 0 atom stereocenters. The lowest BCUT2D eigenvalue weighted by Gasteiger charge is -2.18. The summed E-state index contributed by atoms with van der Waals surface area (Å²) in [6, 6.07) is 5.85. The van der Waals surface area contributed by atoms with E-state index in [0.717, 1.165) is 34.7 Å². The van der Waals surface area contributed by atoms with E-state index >= 15 is 0 Å². The van der Waals surface area contributed by atoms with Gasteiger partial charge in [-0.1, -0.05) is 48.3 Å². The Morgan fingerprint density at radius 3 is 2.44 bits per heavy atom. The smallest absolute Gasteiger partial charge is 0.226 e. The van der Waals surface area contributed by atoms with Gasteiger partial charge >= 0.3 is 0 Å². The fourth-order valence-electron chi connectivity index (χ4n) is 3.37. The van der Waals surface area contributed by atoms with Crippen molar-refractivity contribution in [3.05, 3.63) is 34.3 Å². The number of rotatable bonds is 6. The molecule has 0 aliphatic heterocycles. The summed E-state index contributed by atoms with van der Waals surface area (Å²) in [6.07, 6.45) is 6.33. The molecule has 2 amide bonds. The van der Waals surface area contributed by atoms with Crippen molar-refractivity contribution in [3.63, 3.8) is 0 Å². The van der Waals surface area contributed by atoms with Gasteiger partial charge in [0.2, 0.25) is 16.9 Å². The van der Waals surface area contributed by atoms with Crippen LogP contribution in [-0.4, -0.2) is 22.0 Å². The van der Waals surface area contributed by atoms with Crippen molar-refractivity contribution in [3.8, 4) is 0 Å². The maximum atomic E-state index is 12.1. The van der Waals surface area contributed by atoms with Crippen LogP contribution >= 0.6 is 11.3 Å². The molecule has 7 heteroatoms. The molecule has 0 bridgehead atoms. The number of hydrogen-bond donors (Lipinski definition) is 2. The van der Waals surface area contributed by atoms with Gasteiger partial charge in [0.25, 0.3) is 0 Å². The molecule has 1 aliphatic carbocycles. The molecule has 0 unspecified atom stereocenters. The number of aryl methyl sites for hydroxylation is 2. The fraction of sp³-hybridized carbons (Fsp3) is 0.500. The maximum Gasteiger partial charge on any atom is 0.226 e. The molecule has 1 saturated carbocycles. The highest BCUT2D eigenvalue weighted by Crippen LogP contribution is 2.35. The van der Waals surface area contributed by atoms with Crippen LogP contribution < -0.4 is 10.6 Å². The summed E-state index contributed by atoms with van der Waals surface area (Å²) in [5.74, 6) is 0.0970. The molecular formula is C20H26N4O2S. The van der Waals surface area contributed by atoms with Gasteiger partial charge < -0.3 is 10.6 Å². The molecule has 0 radical (unpaired) electrons. The summed E-state index contributed by atoms with van der Waals surface area (Å²) in [5.41, 5.74) is 2.94. The first-order chi connectivity index (χ1) is 13.0. The number of nitrogens with one attached hydrogen (secondary N) is 2. The molecule has 1 aromatic heterocycles. The van der Waals surface area contributed by atoms with Gasteiger partial charge in [0.1, 0.15) is 5.01 Å². The highest BCUT2D eigenvalue weighted by Gasteiger charge is 2.20. The molecular weight excluding hydrogens is 360 g/mol. The third-order valence-corrected chi connectivity index (χ3v) is 5.88. The predicted molar refractivity (Wildman–Crippen MR) is 108 cm³/mol. The summed E-state index contributed by atoms with van der Waals surface area (Å²) < 4.78 is 0. The maximum absolute atomic E-state index is 12.1. The Morgan fingerprint density at radius 2 is 1.74 bits per heavy atom. The van der Waals surface area contributed by atoms with Crippen molar-refractivity contribution in [2.45, 2.75) is 64.7 Å². The van der Waals surface area contributed by atoms with E-state index < -0.39 is 0 Å². The molecule has 144 valence electrons. The zero-order chi connectivity index (χ0) is 19.2. The Hall–Kier alpha value is -2.28. The van der Waals surface area contributed by atoms with Gasteiger partial charge in [-0.2, -0.15) is 0 Å². The largest absolute Gasteiger partial charge is 0.326 e. The van der Waals surface area contributed by atoms with Gasteiger partial charge in [-0.05, 0) is 38.3 Å². The summed E-state index contributed by atoms with van der Waals surface area (Å²) in [6.45, 7) is 3.96. The molecule has 3 rings (SSSR count). The molecule has 2 aromatic rings. The van der Waals surface area contributed by atoms with Gasteiger partial charge in [-0.15, -0.1) is 10.2 Å². The Balaban J connectivity index is 1.45. The number of hydrogen-bond acceptors (Lipinski definition) is 5. The monoisotopic (exact) mass is 386 g/mol. The van der Waals surface area contributed by atoms with Crippen LogP contribution in [0.15, 0.2) is 18.2 Å². The normalized spacial score (nSPS) is 14.7. The lowest BCUT2D eigenvalue weighted by Crippen LogP contribution is -2.17. The van der Waals surface area contributed by atoms with Crippen LogP contribution in [0.3, 0.4) is 0 Å². The van der Waals surface area contributed by atoms with Gasteiger partial charge in [0, 0.05) is 24.4 Å². The average molecular weight is 387 g/mol. The predicted octanol–water partition coefficient (Wildman–Crippen LogP) is 4.56. The molecule has 0 spiro atoms. The van der Waals surface area contributed by atoms with E-state index in [1.165, 1.54) is 30.6 Å². The van der Waals surface area contributed by atoms with Crippen molar-refractivity contribution in [1.82, 2.24) is 10.2 Å². The van der Waals surface area contributed by atoms with Crippen molar-refractivity contribution in [2.24, 2.45) is 0 Å². The Bertz CT molecular complexity index is 812. The van der Waals surface area contributed by atoms with Gasteiger partial charge in [-0.3, -0.25) is 9.59 Å². The minimum Gasteiger partial charge on any atom is -0.326 e. The molecule has 27 heavy (non-hydrogen) atoms. The van der Waals surface area contributed by atoms with Crippen LogP contribution in [0.1, 0.15) is 67.0 Å². The molecule has 1 aromatic carbocycles. The van der Waals surface area contributed by atoms with Gasteiger partial charge in [0.05, 0.1) is 0 Å². The first kappa shape index (κ1) is 19.5. The minimum absolute atomic E-state index is 0.120. The van der Waals surface area contributed by atoms with Gasteiger partial charge in [-0.25, -0.2) is 0 Å². The topological polar surface area (TPSA) is 84.0 Å². The second-order valence-corrected chi connectivity index (χ2v) is 8.20. The molecule has 2 N–H and O–H groups in total. The average Bonchev–Trinajstić information content (AvgIpc) is 3.11. The number of aromatic nitrogens is 2. The minimum atomic E-state index is -0.211. The standard InChI is InChI=1S/C20H26N4O2S/c1-13-8-9-16(14(2)12-13)21-17(25)10-11-18(26)22-20-24-23-19(27-20)15-6-4-3-5-7-15/h8-9,12,15H,3-7,10-11H2,1-2H3,(H,21,25)(H,22,24,26). The molecule has 1 fully saturated rings. The van der Waals surface area contributed by atoms with Crippen LogP contribution in [0.4, 0.5) is 10.8 Å². The van der Waals surface area contributed by atoms with Crippen molar-refractivity contribution in [1.29, 1.82) is 0 Å². The lowest BCUT2D eigenvalue weighted by atomic mass is 9.90. The zero-order valence-corrected chi connectivity index (χ0v) is 16.7. The van der Waals surface area contributed by atoms with Crippen LogP contribution in [0.2, 0.25) is 0 Å². The van der Waals surface area contributed by atoms with E-state index in [1.807, 2.05) is 32.0 Å². The number of amides is 2. The van der Waals surface area contributed by atoms with Crippen molar-refractivity contribution < 1.29 is 9.59 Å². The number of anilines is 2. The third kappa shape index (κ3) is 5.60. The number of carbonyl (C=O) groups excluding carboxylic acids is 2. The summed E-state index contributed by atoms with van der Waals surface area (Å²) in [4.78, 5) is 24.2. The zero-order valence-electron chi connectivity index (χ0n) is 15.9. The van der Waals surface area contributed by atoms with E-state index in [9.17, 15) is 9.59 Å². The van der Waals surface area contributed by atoms with E-state index in [2.05, 4.69) is 20.8 Å². The van der Waals surface area contributed by atoms with Crippen LogP contribution in [-0.2, 0) is 9.59 Å². The second kappa shape index (κ2) is 9.08. The quantitative estimate of drug-likeness (QED) is 0.762. The number of nitrogens with zero attached hydrogens (tertiary/aromatic N) is 2. The van der Waals surface area contributed by atoms with Crippen LogP contribution in [0.5, 0.6) is 0 Å². The van der Waals surface area contributed by atoms with E-state index in [0.29, 0.717) is 11.0 Å². The first-order valence-corrected chi connectivity index (χ1v) is 10.3. The van der Waals surface area contributed by atoms with Gasteiger partial charge in [0.15, 0.2) is 0 Å². The lowest BCUT2D eigenvalue weighted by molar-refractivity contribution is -0.121. The third-order valence-electron chi connectivity index (χ3n) is 4.88. The molecule has 6 nitrogen and oxygen atoms in total. The highest BCUT2D eigenvalue weighted by molar-refractivity contribution is 7.15. The first-order valence-electron chi connectivity index (χ1n) is 9.51. The Kier molecular flexibility index (Phi) is 6.55. The summed E-state index contributed by atoms with van der Waals surface area (Å²) in [7, 11) is 0. The Morgan fingerprint density at radius 1 is 1.04 bits per heavy atom. The number of carbonyl (C=O) groups is 2. The Labute approximate surface area is 163 Å². The van der Waals surface area contributed by atoms with E-state index in [-0.39, 0.29) is 24.7 Å². The van der Waals surface area contributed by atoms with Crippen LogP contribution in [0, 0.1) is 13.8 Å². The SMILES string of the molecule is Cc1ccc(NC(=O)CCC(=O)Nc2nnc(C3CCCCC3)s2)c(C)c1. The second-order valence-electron chi connectivity index (χ2n) is 7.20. The van der Waals surface area contributed by atoms with E-state index in [4.69, 9.17) is 0 Å². The van der Waals surface area contributed by atoms with Crippen LogP contribution in [0.25, 0.3) is 0 Å². The highest BCUT2D eigenvalue weighted by atomic mass is 32.1. The molecule has 0 saturated heterocycles. The molecule has 1 heterocycles. The van der Waals surface area contributed by atoms with E-state index in [1.54, 1.807) is 0 Å². The fourth-order valence-corrected chi connectivity index (χ4v) is 4.30. The van der Waals surface area contributed by atoms with Crippen molar-refractivity contribution >= 4 is 34.0 Å². The summed E-state index contributed by atoms with van der Waals surface area (Å²) >= 11 is 1.45. The molecule has 1 aliphatic rings. The summed E-state index contributed by atoms with van der Waals surface area (Å²) in [5, 5.41) is 15.5.